The van der Waals surface area contributed by atoms with Crippen LogP contribution in [0.5, 0.6) is 0 Å². The van der Waals surface area contributed by atoms with Crippen LogP contribution in [0.25, 0.3) is 0 Å². The number of likely N-dealkylation sites (tertiary alicyclic amines) is 1. The van der Waals surface area contributed by atoms with E-state index in [1.807, 2.05) is 13.8 Å². The second kappa shape index (κ2) is 7.38. The summed E-state index contributed by atoms with van der Waals surface area (Å²) in [5, 5.41) is 11.3. The van der Waals surface area contributed by atoms with Crippen molar-refractivity contribution in [3.05, 3.63) is 29.3 Å². The van der Waals surface area contributed by atoms with Crippen molar-refractivity contribution in [2.75, 3.05) is 18.4 Å². The number of carbonyl (C=O) groups excluding carboxylic acids is 1. The van der Waals surface area contributed by atoms with Crippen LogP contribution in [0.4, 0.5) is 19.0 Å². The van der Waals surface area contributed by atoms with Crippen molar-refractivity contribution in [2.24, 2.45) is 0 Å². The van der Waals surface area contributed by atoms with Crippen LogP contribution in [-0.2, 0) is 6.42 Å². The molecule has 0 aromatic carbocycles. The molecule has 1 saturated heterocycles. The molecule has 2 aliphatic heterocycles. The highest BCUT2D eigenvalue weighted by Gasteiger charge is 2.46. The summed E-state index contributed by atoms with van der Waals surface area (Å²) in [6.45, 7) is 4.68. The maximum absolute atomic E-state index is 13.5. The van der Waals surface area contributed by atoms with Gasteiger partial charge in [0, 0.05) is 37.2 Å². The molecule has 0 unspecified atom stereocenters. The molecule has 0 radical (unpaired) electrons. The first-order valence-electron chi connectivity index (χ1n) is 9.97. The highest BCUT2D eigenvalue weighted by Crippen LogP contribution is 2.41. The summed E-state index contributed by atoms with van der Waals surface area (Å²) in [6.07, 6.45) is -2.46. The number of carbonyl (C=O) groups is 1. The van der Waals surface area contributed by atoms with Gasteiger partial charge in [-0.05, 0) is 25.7 Å². The van der Waals surface area contributed by atoms with Gasteiger partial charge in [0.25, 0.3) is 5.91 Å². The van der Waals surface area contributed by atoms with Gasteiger partial charge in [-0.2, -0.15) is 18.3 Å². The molecule has 2 aromatic heterocycles. The molecule has 3 atom stereocenters. The maximum Gasteiger partial charge on any atom is 0.410 e. The quantitative estimate of drug-likeness (QED) is 0.829. The van der Waals surface area contributed by atoms with E-state index in [0.29, 0.717) is 49.6 Å². The van der Waals surface area contributed by atoms with E-state index in [1.54, 1.807) is 17.0 Å². The SMILES string of the molecule is CCc1cc(C(=O)N2CC[C@@H](c3cc4n(n3)[C@@H](C(F)(F)F)C[C@@H](CC)N4)C2)on1. The topological polar surface area (TPSA) is 76.2 Å². The maximum atomic E-state index is 13.5. The lowest BCUT2D eigenvalue weighted by Gasteiger charge is -2.32. The number of anilines is 1. The van der Waals surface area contributed by atoms with Gasteiger partial charge in [-0.15, -0.1) is 0 Å². The molecule has 0 saturated carbocycles. The molecule has 2 aliphatic rings. The van der Waals surface area contributed by atoms with Crippen molar-refractivity contribution in [3.63, 3.8) is 0 Å². The first-order valence-corrected chi connectivity index (χ1v) is 9.97. The molecule has 1 amide bonds. The first-order chi connectivity index (χ1) is 13.8. The van der Waals surface area contributed by atoms with Crippen LogP contribution in [0.2, 0.25) is 0 Å². The Bertz CT molecular complexity index is 891. The van der Waals surface area contributed by atoms with Crippen LogP contribution in [0, 0.1) is 0 Å². The Kier molecular flexibility index (Phi) is 5.04. The number of aryl methyl sites for hydroxylation is 1. The third-order valence-electron chi connectivity index (χ3n) is 5.81. The van der Waals surface area contributed by atoms with E-state index < -0.39 is 12.2 Å². The van der Waals surface area contributed by atoms with E-state index in [2.05, 4.69) is 15.6 Å². The van der Waals surface area contributed by atoms with Gasteiger partial charge in [0.15, 0.2) is 6.04 Å². The smallest absolute Gasteiger partial charge is 0.367 e. The van der Waals surface area contributed by atoms with Crippen molar-refractivity contribution in [1.29, 1.82) is 0 Å². The van der Waals surface area contributed by atoms with Crippen LogP contribution in [0.3, 0.4) is 0 Å². The van der Waals surface area contributed by atoms with Crippen LogP contribution >= 0.6 is 0 Å². The largest absolute Gasteiger partial charge is 0.410 e. The molecule has 0 bridgehead atoms. The van der Waals surface area contributed by atoms with E-state index in [0.717, 1.165) is 4.68 Å². The van der Waals surface area contributed by atoms with Crippen molar-refractivity contribution in [2.45, 2.75) is 63.7 Å². The minimum Gasteiger partial charge on any atom is -0.367 e. The second-order valence-corrected chi connectivity index (χ2v) is 7.71. The van der Waals surface area contributed by atoms with Gasteiger partial charge >= 0.3 is 6.18 Å². The molecule has 10 heteroatoms. The predicted molar refractivity (Wildman–Crippen MR) is 98.8 cm³/mol. The predicted octanol–water partition coefficient (Wildman–Crippen LogP) is 3.76. The Morgan fingerprint density at radius 2 is 2.14 bits per heavy atom. The fraction of sp³-hybridized carbons (Fsp3) is 0.632. The van der Waals surface area contributed by atoms with Gasteiger partial charge in [0.05, 0.1) is 11.4 Å². The number of halogens is 3. The molecule has 4 heterocycles. The molecule has 7 nitrogen and oxygen atoms in total. The standard InChI is InChI=1S/C19H24F3N5O2/c1-3-12-8-16(19(20,21)22)27-17(23-12)9-14(24-27)11-5-6-26(10-11)18(28)15-7-13(4-2)25-29-15/h7,9,11-12,16,23H,3-6,8,10H2,1-2H3/t11-,12-,16-/m1/s1. The average molecular weight is 411 g/mol. The van der Waals surface area contributed by atoms with Crippen LogP contribution in [0.15, 0.2) is 16.7 Å². The zero-order valence-corrected chi connectivity index (χ0v) is 16.4. The summed E-state index contributed by atoms with van der Waals surface area (Å²) >= 11 is 0. The molecular weight excluding hydrogens is 387 g/mol. The van der Waals surface area contributed by atoms with Gasteiger partial charge in [0.1, 0.15) is 5.82 Å². The summed E-state index contributed by atoms with van der Waals surface area (Å²) in [5.74, 6) is 0.228. The fourth-order valence-corrected chi connectivity index (χ4v) is 4.06. The fourth-order valence-electron chi connectivity index (χ4n) is 4.06. The lowest BCUT2D eigenvalue weighted by atomic mass is 10.0. The minimum atomic E-state index is -4.35. The molecular formula is C19H24F3N5O2. The molecule has 29 heavy (non-hydrogen) atoms. The minimum absolute atomic E-state index is 0.0331. The Morgan fingerprint density at radius 1 is 1.34 bits per heavy atom. The second-order valence-electron chi connectivity index (χ2n) is 7.71. The number of hydrogen-bond acceptors (Lipinski definition) is 5. The van der Waals surface area contributed by atoms with Gasteiger partial charge in [-0.1, -0.05) is 19.0 Å². The van der Waals surface area contributed by atoms with Gasteiger partial charge in [-0.25, -0.2) is 4.68 Å². The molecule has 2 aromatic rings. The Labute approximate surface area is 166 Å². The zero-order valence-electron chi connectivity index (χ0n) is 16.4. The number of alkyl halides is 3. The lowest BCUT2D eigenvalue weighted by Crippen LogP contribution is -2.38. The van der Waals surface area contributed by atoms with Crippen molar-refractivity contribution >= 4 is 11.7 Å². The van der Waals surface area contributed by atoms with Crippen molar-refractivity contribution in [1.82, 2.24) is 19.8 Å². The van der Waals surface area contributed by atoms with Gasteiger partial charge in [0.2, 0.25) is 5.76 Å². The summed E-state index contributed by atoms with van der Waals surface area (Å²) < 4.78 is 46.8. The monoisotopic (exact) mass is 411 g/mol. The summed E-state index contributed by atoms with van der Waals surface area (Å²) in [4.78, 5) is 14.3. The molecule has 1 fully saturated rings. The lowest BCUT2D eigenvalue weighted by molar-refractivity contribution is -0.173. The number of hydrogen-bond donors (Lipinski definition) is 1. The third kappa shape index (κ3) is 3.72. The number of nitrogens with zero attached hydrogens (tertiary/aromatic N) is 4. The molecule has 4 rings (SSSR count). The van der Waals surface area contributed by atoms with Crippen molar-refractivity contribution < 1.29 is 22.5 Å². The molecule has 1 N–H and O–H groups in total. The van der Waals surface area contributed by atoms with Crippen LogP contribution in [0.1, 0.15) is 67.0 Å². The Balaban J connectivity index is 1.52. The number of fused-ring (bicyclic) bond motifs is 1. The zero-order chi connectivity index (χ0) is 20.8. The Morgan fingerprint density at radius 3 is 2.79 bits per heavy atom. The number of amides is 1. The van der Waals surface area contributed by atoms with Crippen LogP contribution in [-0.4, -0.2) is 51.1 Å². The van der Waals surface area contributed by atoms with Gasteiger partial charge in [-0.3, -0.25) is 4.79 Å². The Hall–Kier alpha value is -2.52. The first kappa shape index (κ1) is 19.8. The van der Waals surface area contributed by atoms with E-state index in [1.165, 1.54) is 0 Å². The number of nitrogens with one attached hydrogen (secondary N) is 1. The van der Waals surface area contributed by atoms with E-state index in [9.17, 15) is 18.0 Å². The normalized spacial score (nSPS) is 24.4. The van der Waals surface area contributed by atoms with Crippen LogP contribution < -0.4 is 5.32 Å². The third-order valence-corrected chi connectivity index (χ3v) is 5.81. The summed E-state index contributed by atoms with van der Waals surface area (Å²) in [7, 11) is 0. The molecule has 0 spiro atoms. The number of aromatic nitrogens is 3. The number of rotatable bonds is 4. The highest BCUT2D eigenvalue weighted by atomic mass is 19.4. The summed E-state index contributed by atoms with van der Waals surface area (Å²) in [5.41, 5.74) is 1.29. The van der Waals surface area contributed by atoms with E-state index in [-0.39, 0.29) is 30.0 Å². The average Bonchev–Trinajstić information content (AvgIpc) is 3.43. The van der Waals surface area contributed by atoms with E-state index in [4.69, 9.17) is 4.52 Å². The molecule has 0 aliphatic carbocycles. The van der Waals surface area contributed by atoms with E-state index >= 15 is 0 Å². The van der Waals surface area contributed by atoms with Gasteiger partial charge < -0.3 is 14.7 Å². The summed E-state index contributed by atoms with van der Waals surface area (Å²) in [6, 6.07) is 1.47. The highest BCUT2D eigenvalue weighted by molar-refractivity contribution is 5.91. The molecule has 158 valence electrons. The van der Waals surface area contributed by atoms with Crippen molar-refractivity contribution in [3.8, 4) is 0 Å².